The normalized spacial score (nSPS) is 17.1. The van der Waals surface area contributed by atoms with E-state index in [1.165, 1.54) is 24.8 Å². The Bertz CT molecular complexity index is 405. The molecule has 1 saturated heterocycles. The molecule has 19 heavy (non-hydrogen) atoms. The Kier molecular flexibility index (Phi) is 6.14. The molecule has 1 fully saturated rings. The zero-order chi connectivity index (χ0) is 13.7. The molecule has 0 amide bonds. The molecule has 1 aliphatic rings. The molecule has 0 atom stereocenters. The minimum atomic E-state index is 0.695. The van der Waals surface area contributed by atoms with E-state index in [-0.39, 0.29) is 0 Å². The summed E-state index contributed by atoms with van der Waals surface area (Å²) in [6.45, 7) is 6.64. The van der Waals surface area contributed by atoms with Crippen LogP contribution < -0.4 is 5.32 Å². The van der Waals surface area contributed by atoms with Gasteiger partial charge in [0, 0.05) is 22.1 Å². The van der Waals surface area contributed by atoms with Crippen LogP contribution in [0.15, 0.2) is 22.7 Å². The van der Waals surface area contributed by atoms with E-state index in [0.29, 0.717) is 6.04 Å². The quantitative estimate of drug-likeness (QED) is 0.865. The summed E-state index contributed by atoms with van der Waals surface area (Å²) in [5.41, 5.74) is 1.23. The van der Waals surface area contributed by atoms with Gasteiger partial charge in [-0.05, 0) is 56.6 Å². The largest absolute Gasteiger partial charge is 0.317 e. The molecule has 2 nitrogen and oxygen atoms in total. The van der Waals surface area contributed by atoms with Crippen LogP contribution in [0.3, 0.4) is 0 Å². The Labute approximate surface area is 129 Å². The van der Waals surface area contributed by atoms with E-state index < -0.39 is 0 Å². The number of nitrogens with one attached hydrogen (secondary N) is 1. The van der Waals surface area contributed by atoms with E-state index in [2.05, 4.69) is 45.2 Å². The fraction of sp³-hybridized carbons (Fsp3) is 0.600. The Hall–Kier alpha value is -0.0900. The van der Waals surface area contributed by atoms with Gasteiger partial charge in [0.15, 0.2) is 0 Å². The first-order valence-corrected chi connectivity index (χ1v) is 8.26. The molecule has 0 spiro atoms. The smallest absolute Gasteiger partial charge is 0.0462 e. The Morgan fingerprint density at radius 2 is 2.11 bits per heavy atom. The number of hydrogen-bond donors (Lipinski definition) is 1. The number of halogens is 2. The summed E-state index contributed by atoms with van der Waals surface area (Å²) in [5, 5.41) is 4.30. The molecular formula is C15H22BrClN2. The molecule has 0 aliphatic carbocycles. The van der Waals surface area contributed by atoms with Crippen LogP contribution in [-0.4, -0.2) is 30.6 Å². The third-order valence-corrected chi connectivity index (χ3v) is 4.57. The predicted octanol–water partition coefficient (Wildman–Crippen LogP) is 4.07. The standard InChI is InChI=1S/C15H22BrClN2/c1-2-9-19(14-5-7-18-8-6-14)11-12-3-4-13(16)10-15(12)17/h3-4,10,14,18H,2,5-9,11H2,1H3. The molecule has 0 bridgehead atoms. The highest BCUT2D eigenvalue weighted by atomic mass is 79.9. The van der Waals surface area contributed by atoms with Crippen molar-refractivity contribution in [1.29, 1.82) is 0 Å². The van der Waals surface area contributed by atoms with E-state index in [0.717, 1.165) is 35.7 Å². The van der Waals surface area contributed by atoms with Crippen LogP contribution in [0.4, 0.5) is 0 Å². The van der Waals surface area contributed by atoms with Crippen LogP contribution in [0.1, 0.15) is 31.7 Å². The lowest BCUT2D eigenvalue weighted by atomic mass is 10.0. The van der Waals surface area contributed by atoms with Crippen molar-refractivity contribution in [1.82, 2.24) is 10.2 Å². The Morgan fingerprint density at radius 3 is 2.74 bits per heavy atom. The lowest BCUT2D eigenvalue weighted by molar-refractivity contribution is 0.154. The van der Waals surface area contributed by atoms with Crippen molar-refractivity contribution in [3.05, 3.63) is 33.3 Å². The van der Waals surface area contributed by atoms with E-state index in [9.17, 15) is 0 Å². The Morgan fingerprint density at radius 1 is 1.37 bits per heavy atom. The lowest BCUT2D eigenvalue weighted by Crippen LogP contribution is -2.43. The van der Waals surface area contributed by atoms with Crippen molar-refractivity contribution in [2.45, 2.75) is 38.8 Å². The number of rotatable bonds is 5. The molecule has 0 aromatic heterocycles. The summed E-state index contributed by atoms with van der Waals surface area (Å²) in [4.78, 5) is 2.59. The summed E-state index contributed by atoms with van der Waals surface area (Å²) >= 11 is 9.81. The highest BCUT2D eigenvalue weighted by molar-refractivity contribution is 9.10. The van der Waals surface area contributed by atoms with Crippen molar-refractivity contribution >= 4 is 27.5 Å². The average molecular weight is 346 g/mol. The van der Waals surface area contributed by atoms with Crippen LogP contribution >= 0.6 is 27.5 Å². The van der Waals surface area contributed by atoms with Gasteiger partial charge >= 0.3 is 0 Å². The zero-order valence-corrected chi connectivity index (χ0v) is 13.8. The molecule has 2 rings (SSSR count). The second-order valence-electron chi connectivity index (χ2n) is 5.19. The maximum atomic E-state index is 6.34. The molecule has 0 unspecified atom stereocenters. The fourth-order valence-corrected chi connectivity index (χ4v) is 3.45. The van der Waals surface area contributed by atoms with Gasteiger partial charge in [-0.2, -0.15) is 0 Å². The first-order chi connectivity index (χ1) is 9.20. The first-order valence-electron chi connectivity index (χ1n) is 7.09. The number of benzene rings is 1. The first kappa shape index (κ1) is 15.3. The van der Waals surface area contributed by atoms with Gasteiger partial charge in [-0.3, -0.25) is 4.90 Å². The summed E-state index contributed by atoms with van der Waals surface area (Å²) in [6, 6.07) is 6.90. The molecule has 1 heterocycles. The van der Waals surface area contributed by atoms with Crippen LogP contribution in [0.25, 0.3) is 0 Å². The molecule has 1 N–H and O–H groups in total. The van der Waals surface area contributed by atoms with Gasteiger partial charge in [0.25, 0.3) is 0 Å². The number of hydrogen-bond acceptors (Lipinski definition) is 2. The third kappa shape index (κ3) is 4.45. The van der Waals surface area contributed by atoms with Crippen molar-refractivity contribution in [3.63, 3.8) is 0 Å². The van der Waals surface area contributed by atoms with Gasteiger partial charge in [-0.25, -0.2) is 0 Å². The van der Waals surface area contributed by atoms with Gasteiger partial charge in [0.05, 0.1) is 0 Å². The van der Waals surface area contributed by atoms with Gasteiger partial charge in [-0.15, -0.1) is 0 Å². The molecule has 106 valence electrons. The minimum absolute atomic E-state index is 0.695. The van der Waals surface area contributed by atoms with Crippen molar-refractivity contribution in [3.8, 4) is 0 Å². The summed E-state index contributed by atoms with van der Waals surface area (Å²) in [7, 11) is 0. The summed E-state index contributed by atoms with van der Waals surface area (Å²) in [6.07, 6.45) is 3.68. The lowest BCUT2D eigenvalue weighted by Gasteiger charge is -2.34. The SMILES string of the molecule is CCCN(Cc1ccc(Br)cc1Cl)C1CCNCC1. The van der Waals surface area contributed by atoms with E-state index in [1.807, 2.05) is 6.07 Å². The molecule has 1 aliphatic heterocycles. The number of piperidine rings is 1. The van der Waals surface area contributed by atoms with E-state index in [4.69, 9.17) is 11.6 Å². The minimum Gasteiger partial charge on any atom is -0.317 e. The van der Waals surface area contributed by atoms with Gasteiger partial charge < -0.3 is 5.32 Å². The van der Waals surface area contributed by atoms with Crippen molar-refractivity contribution < 1.29 is 0 Å². The molecule has 1 aromatic carbocycles. The third-order valence-electron chi connectivity index (χ3n) is 3.72. The highest BCUT2D eigenvalue weighted by Gasteiger charge is 2.21. The second kappa shape index (κ2) is 7.63. The summed E-state index contributed by atoms with van der Waals surface area (Å²) in [5.74, 6) is 0. The molecule has 0 saturated carbocycles. The highest BCUT2D eigenvalue weighted by Crippen LogP contribution is 2.24. The van der Waals surface area contributed by atoms with Crippen LogP contribution in [-0.2, 0) is 6.54 Å². The second-order valence-corrected chi connectivity index (χ2v) is 6.51. The van der Waals surface area contributed by atoms with Crippen LogP contribution in [0, 0.1) is 0 Å². The van der Waals surface area contributed by atoms with Crippen LogP contribution in [0.2, 0.25) is 5.02 Å². The van der Waals surface area contributed by atoms with Crippen LogP contribution in [0.5, 0.6) is 0 Å². The zero-order valence-electron chi connectivity index (χ0n) is 11.5. The van der Waals surface area contributed by atoms with Crippen molar-refractivity contribution in [2.75, 3.05) is 19.6 Å². The molecule has 4 heteroatoms. The van der Waals surface area contributed by atoms with Gasteiger partial charge in [0.1, 0.15) is 0 Å². The van der Waals surface area contributed by atoms with Crippen molar-refractivity contribution in [2.24, 2.45) is 0 Å². The van der Waals surface area contributed by atoms with E-state index in [1.54, 1.807) is 0 Å². The Balaban J connectivity index is 2.06. The average Bonchev–Trinajstić information content (AvgIpc) is 2.42. The molecule has 0 radical (unpaired) electrons. The maximum Gasteiger partial charge on any atom is 0.0462 e. The monoisotopic (exact) mass is 344 g/mol. The fourth-order valence-electron chi connectivity index (χ4n) is 2.72. The molecular weight excluding hydrogens is 324 g/mol. The predicted molar refractivity (Wildman–Crippen MR) is 85.7 cm³/mol. The maximum absolute atomic E-state index is 6.34. The van der Waals surface area contributed by atoms with E-state index >= 15 is 0 Å². The van der Waals surface area contributed by atoms with Gasteiger partial charge in [0.2, 0.25) is 0 Å². The molecule has 1 aromatic rings. The number of nitrogens with zero attached hydrogens (tertiary/aromatic N) is 1. The summed E-state index contributed by atoms with van der Waals surface area (Å²) < 4.78 is 1.05. The van der Waals surface area contributed by atoms with Gasteiger partial charge in [-0.1, -0.05) is 40.5 Å². The topological polar surface area (TPSA) is 15.3 Å².